The molecule has 1 aliphatic carbocycles. The van der Waals surface area contributed by atoms with E-state index in [1.807, 2.05) is 0 Å². The van der Waals surface area contributed by atoms with Crippen LogP contribution < -0.4 is 11.1 Å². The van der Waals surface area contributed by atoms with Crippen molar-refractivity contribution in [3.8, 4) is 0 Å². The van der Waals surface area contributed by atoms with Gasteiger partial charge < -0.3 is 16.2 Å². The highest BCUT2D eigenvalue weighted by molar-refractivity contribution is 5.90. The molecule has 4 N–H and O–H groups in total. The van der Waals surface area contributed by atoms with Crippen molar-refractivity contribution in [3.05, 3.63) is 17.8 Å². The highest BCUT2D eigenvalue weighted by atomic mass is 16.3. The maximum atomic E-state index is 10.7. The number of carbonyl (C=O) groups is 1. The highest BCUT2D eigenvalue weighted by Gasteiger charge is 2.26. The van der Waals surface area contributed by atoms with Gasteiger partial charge in [-0.3, -0.25) is 4.79 Å². The molecule has 16 heavy (non-hydrogen) atoms. The lowest BCUT2D eigenvalue weighted by atomic mass is 9.82. The quantitative estimate of drug-likeness (QED) is 0.652. The zero-order valence-corrected chi connectivity index (χ0v) is 8.76. The van der Waals surface area contributed by atoms with Crippen LogP contribution in [0, 0.1) is 5.92 Å². The van der Waals surface area contributed by atoms with Crippen LogP contribution in [0.3, 0.4) is 0 Å². The smallest absolute Gasteiger partial charge is 0.269 e. The molecule has 0 atom stereocenters. The number of anilines is 1. The Labute approximate surface area is 92.9 Å². The topological polar surface area (TPSA) is 101 Å². The second-order valence-corrected chi connectivity index (χ2v) is 4.04. The van der Waals surface area contributed by atoms with Crippen LogP contribution in [0.2, 0.25) is 0 Å². The van der Waals surface area contributed by atoms with E-state index >= 15 is 0 Å². The number of rotatable bonds is 4. The van der Waals surface area contributed by atoms with Crippen molar-refractivity contribution < 1.29 is 9.90 Å². The van der Waals surface area contributed by atoms with Crippen LogP contribution in [-0.2, 0) is 0 Å². The van der Waals surface area contributed by atoms with Gasteiger partial charge in [0.15, 0.2) is 5.69 Å². The maximum Gasteiger partial charge on any atom is 0.269 e. The van der Waals surface area contributed by atoms with Gasteiger partial charge in [-0.2, -0.15) is 0 Å². The molecular weight excluding hydrogens is 208 g/mol. The number of aromatic nitrogens is 2. The summed E-state index contributed by atoms with van der Waals surface area (Å²) in [6.45, 7) is 0.766. The van der Waals surface area contributed by atoms with Crippen LogP contribution in [0.1, 0.15) is 23.3 Å². The molecule has 86 valence electrons. The number of hydrogen-bond donors (Lipinski definition) is 3. The van der Waals surface area contributed by atoms with Crippen molar-refractivity contribution >= 4 is 11.7 Å². The summed E-state index contributed by atoms with van der Waals surface area (Å²) in [5.74, 6) is 0.528. The molecule has 1 amide bonds. The summed E-state index contributed by atoms with van der Waals surface area (Å²) in [5, 5.41) is 19.7. The standard InChI is InChI=1S/C10H14N4O2/c11-10(16)8-1-2-9(14-13-8)12-5-6-3-7(15)4-6/h1-2,6-7,15H,3-5H2,(H2,11,16)(H,12,14). The summed E-state index contributed by atoms with van der Waals surface area (Å²) in [4.78, 5) is 10.7. The molecule has 0 bridgehead atoms. The molecule has 0 radical (unpaired) electrons. The molecule has 1 aromatic rings. The second kappa shape index (κ2) is 4.44. The summed E-state index contributed by atoms with van der Waals surface area (Å²) in [6.07, 6.45) is 1.52. The van der Waals surface area contributed by atoms with Gasteiger partial charge in [-0.15, -0.1) is 10.2 Å². The Morgan fingerprint density at radius 2 is 2.25 bits per heavy atom. The molecule has 0 spiro atoms. The van der Waals surface area contributed by atoms with Gasteiger partial charge in [0.05, 0.1) is 6.10 Å². The van der Waals surface area contributed by atoms with Crippen molar-refractivity contribution in [2.24, 2.45) is 11.7 Å². The van der Waals surface area contributed by atoms with E-state index in [-0.39, 0.29) is 11.8 Å². The van der Waals surface area contributed by atoms with Gasteiger partial charge in [0.1, 0.15) is 5.82 Å². The molecule has 1 aliphatic rings. The Hall–Kier alpha value is -1.69. The summed E-state index contributed by atoms with van der Waals surface area (Å²) >= 11 is 0. The largest absolute Gasteiger partial charge is 0.393 e. The van der Waals surface area contributed by atoms with E-state index < -0.39 is 5.91 Å². The Balaban J connectivity index is 1.83. The first-order chi connectivity index (χ1) is 7.65. The van der Waals surface area contributed by atoms with Gasteiger partial charge in [-0.25, -0.2) is 0 Å². The van der Waals surface area contributed by atoms with Gasteiger partial charge >= 0.3 is 0 Å². The first-order valence-corrected chi connectivity index (χ1v) is 5.20. The zero-order chi connectivity index (χ0) is 11.5. The first-order valence-electron chi connectivity index (χ1n) is 5.20. The lowest BCUT2D eigenvalue weighted by molar-refractivity contribution is 0.0486. The fourth-order valence-corrected chi connectivity index (χ4v) is 1.67. The predicted octanol–water partition coefficient (Wildman–Crippen LogP) is -0.242. The monoisotopic (exact) mass is 222 g/mol. The van der Waals surface area contributed by atoms with E-state index in [4.69, 9.17) is 10.8 Å². The summed E-state index contributed by atoms with van der Waals surface area (Å²) < 4.78 is 0. The second-order valence-electron chi connectivity index (χ2n) is 4.04. The molecule has 1 fully saturated rings. The van der Waals surface area contributed by atoms with E-state index in [0.29, 0.717) is 11.7 Å². The Kier molecular flexibility index (Phi) is 3.00. The first kappa shape index (κ1) is 10.8. The lowest BCUT2D eigenvalue weighted by Gasteiger charge is -2.31. The number of aliphatic hydroxyl groups is 1. The van der Waals surface area contributed by atoms with Gasteiger partial charge in [0.2, 0.25) is 0 Å². The van der Waals surface area contributed by atoms with Gasteiger partial charge in [-0.1, -0.05) is 0 Å². The van der Waals surface area contributed by atoms with Crippen LogP contribution in [0.4, 0.5) is 5.82 Å². The average molecular weight is 222 g/mol. The summed E-state index contributed by atoms with van der Waals surface area (Å²) in [7, 11) is 0. The van der Waals surface area contributed by atoms with Crippen molar-refractivity contribution in [1.82, 2.24) is 10.2 Å². The highest BCUT2D eigenvalue weighted by Crippen LogP contribution is 2.26. The van der Waals surface area contributed by atoms with E-state index in [0.717, 1.165) is 19.4 Å². The Bertz CT molecular complexity index is 373. The SMILES string of the molecule is NC(=O)c1ccc(NCC2CC(O)C2)nn1. The molecule has 2 rings (SSSR count). The molecule has 0 aromatic carbocycles. The minimum absolute atomic E-state index is 0.143. The number of nitrogens with two attached hydrogens (primary N) is 1. The molecule has 6 heteroatoms. The van der Waals surface area contributed by atoms with E-state index in [1.54, 1.807) is 6.07 Å². The number of hydrogen-bond acceptors (Lipinski definition) is 5. The van der Waals surface area contributed by atoms with Crippen molar-refractivity contribution in [3.63, 3.8) is 0 Å². The number of carbonyl (C=O) groups excluding carboxylic acids is 1. The number of nitrogens with one attached hydrogen (secondary N) is 1. The van der Waals surface area contributed by atoms with Crippen molar-refractivity contribution in [1.29, 1.82) is 0 Å². The van der Waals surface area contributed by atoms with Gasteiger partial charge in [-0.05, 0) is 30.9 Å². The molecule has 1 heterocycles. The zero-order valence-electron chi connectivity index (χ0n) is 8.76. The van der Waals surface area contributed by atoms with Crippen LogP contribution in [0.5, 0.6) is 0 Å². The molecule has 1 saturated carbocycles. The molecule has 6 nitrogen and oxygen atoms in total. The van der Waals surface area contributed by atoms with Crippen LogP contribution in [0.25, 0.3) is 0 Å². The van der Waals surface area contributed by atoms with Crippen LogP contribution >= 0.6 is 0 Å². The third-order valence-electron chi connectivity index (χ3n) is 2.70. The average Bonchev–Trinajstić information content (AvgIpc) is 2.23. The predicted molar refractivity (Wildman–Crippen MR) is 57.8 cm³/mol. The van der Waals surface area contributed by atoms with Crippen LogP contribution in [0.15, 0.2) is 12.1 Å². The molecule has 0 unspecified atom stereocenters. The summed E-state index contributed by atoms with van der Waals surface area (Å²) in [6, 6.07) is 3.20. The van der Waals surface area contributed by atoms with E-state index in [2.05, 4.69) is 15.5 Å². The lowest BCUT2D eigenvalue weighted by Crippen LogP contribution is -2.33. The van der Waals surface area contributed by atoms with Crippen molar-refractivity contribution in [2.45, 2.75) is 18.9 Å². The minimum Gasteiger partial charge on any atom is -0.393 e. The molecular formula is C10H14N4O2. The number of primary amides is 1. The minimum atomic E-state index is -0.582. The van der Waals surface area contributed by atoms with Crippen LogP contribution in [-0.4, -0.2) is 33.9 Å². The van der Waals surface area contributed by atoms with E-state index in [9.17, 15) is 4.79 Å². The number of aliphatic hydroxyl groups excluding tert-OH is 1. The maximum absolute atomic E-state index is 10.7. The van der Waals surface area contributed by atoms with Gasteiger partial charge in [0, 0.05) is 6.54 Å². The number of nitrogens with zero attached hydrogens (tertiary/aromatic N) is 2. The van der Waals surface area contributed by atoms with E-state index in [1.165, 1.54) is 6.07 Å². The third-order valence-corrected chi connectivity index (χ3v) is 2.70. The Morgan fingerprint density at radius 1 is 1.50 bits per heavy atom. The van der Waals surface area contributed by atoms with Gasteiger partial charge in [0.25, 0.3) is 5.91 Å². The summed E-state index contributed by atoms with van der Waals surface area (Å²) in [5.41, 5.74) is 5.20. The van der Waals surface area contributed by atoms with Crippen molar-refractivity contribution in [2.75, 3.05) is 11.9 Å². The Morgan fingerprint density at radius 3 is 2.75 bits per heavy atom. The fraction of sp³-hybridized carbons (Fsp3) is 0.500. The number of amides is 1. The molecule has 1 aromatic heterocycles. The third kappa shape index (κ3) is 2.46. The molecule has 0 saturated heterocycles. The normalized spacial score (nSPS) is 23.6. The fourth-order valence-electron chi connectivity index (χ4n) is 1.67. The molecule has 0 aliphatic heterocycles.